The molecule has 9 heteroatoms. The van der Waals surface area contributed by atoms with Crippen LogP contribution >= 0.6 is 11.6 Å². The number of morpholine rings is 1. The molecule has 38 heavy (non-hydrogen) atoms. The van der Waals surface area contributed by atoms with Crippen LogP contribution in [0.15, 0.2) is 12.1 Å². The van der Waals surface area contributed by atoms with E-state index in [-0.39, 0.29) is 36.7 Å². The second-order valence-electron chi connectivity index (χ2n) is 11.3. The summed E-state index contributed by atoms with van der Waals surface area (Å²) in [5.41, 5.74) is 5.09. The lowest BCUT2D eigenvalue weighted by Gasteiger charge is -2.35. The van der Waals surface area contributed by atoms with Crippen molar-refractivity contribution in [2.24, 2.45) is 0 Å². The maximum Gasteiger partial charge on any atom is 0.274 e. The first-order valence-electron chi connectivity index (χ1n) is 14.2. The number of hydrogen-bond acceptors (Lipinski definition) is 5. The van der Waals surface area contributed by atoms with Crippen LogP contribution in [0.2, 0.25) is 5.02 Å². The zero-order valence-corrected chi connectivity index (χ0v) is 23.1. The van der Waals surface area contributed by atoms with Gasteiger partial charge in [0.25, 0.3) is 5.91 Å². The van der Waals surface area contributed by atoms with Gasteiger partial charge in [0.15, 0.2) is 5.69 Å². The molecule has 6 rings (SSSR count). The van der Waals surface area contributed by atoms with Gasteiger partial charge in [-0.05, 0) is 75.6 Å². The number of fused-ring (bicyclic) bond motifs is 2. The van der Waals surface area contributed by atoms with E-state index in [1.165, 1.54) is 11.1 Å². The van der Waals surface area contributed by atoms with Crippen molar-refractivity contribution in [2.45, 2.75) is 90.1 Å². The molecule has 0 spiro atoms. The third-order valence-corrected chi connectivity index (χ3v) is 8.83. The molecule has 2 saturated heterocycles. The molecule has 0 bridgehead atoms. The number of ether oxygens (including phenoxy) is 2. The standard InChI is InChI=1S/C29H37ClN4O4/c1-18-15-33(16-19(2)37-18)29(36)28-23-7-4-8-25(23)34(31-28)17-27(35)32-13-11-20(12-14-32)38-26-10-9-24(30)21-5-3-6-22(21)26/h9-10,18-20H,3-8,11-17H2,1-2H3/t18-,19+. The van der Waals surface area contributed by atoms with E-state index in [9.17, 15) is 9.59 Å². The lowest BCUT2D eigenvalue weighted by Crippen LogP contribution is -2.48. The lowest BCUT2D eigenvalue weighted by atomic mass is 10.1. The van der Waals surface area contributed by atoms with Crippen LogP contribution < -0.4 is 4.74 Å². The van der Waals surface area contributed by atoms with Crippen molar-refractivity contribution >= 4 is 23.4 Å². The topological polar surface area (TPSA) is 76.9 Å². The van der Waals surface area contributed by atoms with Crippen LogP contribution in [0.3, 0.4) is 0 Å². The van der Waals surface area contributed by atoms with Gasteiger partial charge in [0, 0.05) is 55.3 Å². The van der Waals surface area contributed by atoms with Crippen LogP contribution in [0.4, 0.5) is 0 Å². The van der Waals surface area contributed by atoms with Gasteiger partial charge in [-0.15, -0.1) is 0 Å². The molecule has 3 heterocycles. The maximum atomic E-state index is 13.4. The van der Waals surface area contributed by atoms with E-state index in [2.05, 4.69) is 0 Å². The van der Waals surface area contributed by atoms with E-state index in [1.807, 2.05) is 35.8 Å². The van der Waals surface area contributed by atoms with E-state index in [1.54, 1.807) is 4.68 Å². The Morgan fingerprint density at radius 1 is 0.974 bits per heavy atom. The van der Waals surface area contributed by atoms with Crippen LogP contribution in [-0.4, -0.2) is 75.9 Å². The highest BCUT2D eigenvalue weighted by atomic mass is 35.5. The monoisotopic (exact) mass is 540 g/mol. The summed E-state index contributed by atoms with van der Waals surface area (Å²) in [4.78, 5) is 30.5. The van der Waals surface area contributed by atoms with Crippen LogP contribution in [0.5, 0.6) is 5.75 Å². The fraction of sp³-hybridized carbons (Fsp3) is 0.621. The van der Waals surface area contributed by atoms with Crippen molar-refractivity contribution in [2.75, 3.05) is 26.2 Å². The summed E-state index contributed by atoms with van der Waals surface area (Å²) in [6.45, 7) is 6.64. The minimum atomic E-state index is -0.0389. The lowest BCUT2D eigenvalue weighted by molar-refractivity contribution is -0.133. The van der Waals surface area contributed by atoms with Gasteiger partial charge in [-0.25, -0.2) is 0 Å². The molecule has 0 N–H and O–H groups in total. The van der Waals surface area contributed by atoms with Crippen molar-refractivity contribution in [3.8, 4) is 5.75 Å². The molecular formula is C29H37ClN4O4. The minimum absolute atomic E-state index is 0.00642. The zero-order chi connectivity index (χ0) is 26.4. The smallest absolute Gasteiger partial charge is 0.274 e. The van der Waals surface area contributed by atoms with E-state index in [0.29, 0.717) is 31.9 Å². The number of halogens is 1. The van der Waals surface area contributed by atoms with Gasteiger partial charge in [-0.2, -0.15) is 5.10 Å². The van der Waals surface area contributed by atoms with E-state index in [0.717, 1.165) is 73.4 Å². The fourth-order valence-electron chi connectivity index (χ4n) is 6.68. The van der Waals surface area contributed by atoms with Gasteiger partial charge in [0.1, 0.15) is 18.4 Å². The second-order valence-corrected chi connectivity index (χ2v) is 11.7. The fourth-order valence-corrected chi connectivity index (χ4v) is 6.95. The summed E-state index contributed by atoms with van der Waals surface area (Å²) >= 11 is 6.38. The number of rotatable bonds is 5. The number of carbonyl (C=O) groups is 2. The first-order valence-corrected chi connectivity index (χ1v) is 14.5. The average Bonchev–Trinajstić information content (AvgIpc) is 3.64. The summed E-state index contributed by atoms with van der Waals surface area (Å²) in [5, 5.41) is 5.55. The number of aromatic nitrogens is 2. The van der Waals surface area contributed by atoms with Crippen LogP contribution in [0.25, 0.3) is 0 Å². The van der Waals surface area contributed by atoms with E-state index < -0.39 is 0 Å². The van der Waals surface area contributed by atoms with Crippen molar-refractivity contribution in [1.82, 2.24) is 19.6 Å². The number of piperidine rings is 1. The van der Waals surface area contributed by atoms with Crippen molar-refractivity contribution in [3.05, 3.63) is 45.2 Å². The number of nitrogens with zero attached hydrogens (tertiary/aromatic N) is 4. The van der Waals surface area contributed by atoms with Gasteiger partial charge in [0.05, 0.1) is 12.2 Å². The van der Waals surface area contributed by atoms with Crippen LogP contribution in [0.1, 0.15) is 72.4 Å². The molecule has 2 aromatic rings. The quantitative estimate of drug-likeness (QED) is 0.576. The molecule has 2 amide bonds. The number of likely N-dealkylation sites (tertiary alicyclic amines) is 1. The predicted octanol–water partition coefficient (Wildman–Crippen LogP) is 3.83. The minimum Gasteiger partial charge on any atom is -0.490 e. The van der Waals surface area contributed by atoms with Gasteiger partial charge < -0.3 is 19.3 Å². The Morgan fingerprint density at radius 3 is 2.42 bits per heavy atom. The molecule has 0 unspecified atom stereocenters. The highest BCUT2D eigenvalue weighted by Gasteiger charge is 2.34. The van der Waals surface area contributed by atoms with Gasteiger partial charge in [-0.3, -0.25) is 14.3 Å². The Hall–Kier alpha value is -2.58. The third-order valence-electron chi connectivity index (χ3n) is 8.47. The number of carbonyl (C=O) groups excluding carboxylic acids is 2. The Bertz CT molecular complexity index is 1230. The zero-order valence-electron chi connectivity index (χ0n) is 22.4. The van der Waals surface area contributed by atoms with Crippen molar-refractivity contribution in [1.29, 1.82) is 0 Å². The first-order chi connectivity index (χ1) is 18.4. The third kappa shape index (κ3) is 4.93. The molecule has 4 aliphatic rings. The summed E-state index contributed by atoms with van der Waals surface area (Å²) in [7, 11) is 0. The predicted molar refractivity (Wildman–Crippen MR) is 144 cm³/mol. The summed E-state index contributed by atoms with van der Waals surface area (Å²) < 4.78 is 14.0. The van der Waals surface area contributed by atoms with Gasteiger partial charge in [-0.1, -0.05) is 11.6 Å². The van der Waals surface area contributed by atoms with Gasteiger partial charge in [0.2, 0.25) is 5.91 Å². The molecule has 204 valence electrons. The number of benzene rings is 1. The summed E-state index contributed by atoms with van der Waals surface area (Å²) in [5.74, 6) is 0.976. The van der Waals surface area contributed by atoms with Crippen LogP contribution in [-0.2, 0) is 41.8 Å². The molecule has 8 nitrogen and oxygen atoms in total. The molecule has 2 aliphatic heterocycles. The largest absolute Gasteiger partial charge is 0.490 e. The summed E-state index contributed by atoms with van der Waals surface area (Å²) in [6, 6.07) is 3.95. The Kier molecular flexibility index (Phi) is 7.12. The first kappa shape index (κ1) is 25.7. The Balaban J connectivity index is 1.08. The second kappa shape index (κ2) is 10.5. The maximum absolute atomic E-state index is 13.4. The SMILES string of the molecule is C[C@@H]1CN(C(=O)c2nn(CC(=O)N3CCC(Oc4ccc(Cl)c5c4CCC5)CC3)c3c2CCC3)C[C@H](C)O1. The van der Waals surface area contributed by atoms with Gasteiger partial charge >= 0.3 is 0 Å². The van der Waals surface area contributed by atoms with Crippen molar-refractivity contribution < 1.29 is 19.1 Å². The van der Waals surface area contributed by atoms with Crippen molar-refractivity contribution in [3.63, 3.8) is 0 Å². The molecule has 2 atom stereocenters. The molecule has 0 saturated carbocycles. The van der Waals surface area contributed by atoms with E-state index in [4.69, 9.17) is 26.2 Å². The normalized spacial score (nSPS) is 23.4. The number of hydrogen-bond donors (Lipinski definition) is 0. The molecule has 1 aromatic carbocycles. The molecule has 0 radical (unpaired) electrons. The Labute approximate surface area is 229 Å². The molecule has 1 aromatic heterocycles. The highest BCUT2D eigenvalue weighted by molar-refractivity contribution is 6.31. The Morgan fingerprint density at radius 2 is 1.66 bits per heavy atom. The molecule has 2 aliphatic carbocycles. The van der Waals surface area contributed by atoms with Crippen LogP contribution in [0, 0.1) is 0 Å². The molecule has 2 fully saturated rings. The highest BCUT2D eigenvalue weighted by Crippen LogP contribution is 2.37. The number of amides is 2. The average molecular weight is 541 g/mol. The summed E-state index contributed by atoms with van der Waals surface area (Å²) in [6.07, 6.45) is 7.58. The van der Waals surface area contributed by atoms with E-state index >= 15 is 0 Å². The molecular weight excluding hydrogens is 504 g/mol.